The SMILES string of the molecule is CCc1noc(COc2cccc(N)c2)n1. The van der Waals surface area contributed by atoms with Gasteiger partial charge in [0.1, 0.15) is 5.75 Å². The number of aryl methyl sites for hydroxylation is 1. The normalized spacial score (nSPS) is 10.3. The fourth-order valence-electron chi connectivity index (χ4n) is 1.24. The minimum absolute atomic E-state index is 0.260. The Bertz CT molecular complexity index is 468. The first kappa shape index (κ1) is 10.5. The van der Waals surface area contributed by atoms with Crippen molar-refractivity contribution >= 4 is 5.69 Å². The highest BCUT2D eigenvalue weighted by Crippen LogP contribution is 2.15. The van der Waals surface area contributed by atoms with E-state index in [1.54, 1.807) is 12.1 Å². The average molecular weight is 219 g/mol. The van der Waals surface area contributed by atoms with Crippen LogP contribution < -0.4 is 10.5 Å². The fourth-order valence-corrected chi connectivity index (χ4v) is 1.24. The third-order valence-electron chi connectivity index (χ3n) is 2.05. The van der Waals surface area contributed by atoms with E-state index in [0.29, 0.717) is 23.2 Å². The molecule has 5 nitrogen and oxygen atoms in total. The van der Waals surface area contributed by atoms with E-state index in [1.165, 1.54) is 0 Å². The lowest BCUT2D eigenvalue weighted by molar-refractivity contribution is 0.242. The highest BCUT2D eigenvalue weighted by atomic mass is 16.5. The summed E-state index contributed by atoms with van der Waals surface area (Å²) >= 11 is 0. The van der Waals surface area contributed by atoms with Crippen molar-refractivity contribution in [2.24, 2.45) is 0 Å². The summed E-state index contributed by atoms with van der Waals surface area (Å²) in [5, 5.41) is 3.77. The van der Waals surface area contributed by atoms with Crippen LogP contribution in [0.2, 0.25) is 0 Å². The van der Waals surface area contributed by atoms with Gasteiger partial charge in [-0.1, -0.05) is 18.1 Å². The molecule has 0 radical (unpaired) electrons. The van der Waals surface area contributed by atoms with Crippen molar-refractivity contribution < 1.29 is 9.26 Å². The van der Waals surface area contributed by atoms with Crippen molar-refractivity contribution in [3.63, 3.8) is 0 Å². The Morgan fingerprint density at radius 1 is 1.44 bits per heavy atom. The van der Waals surface area contributed by atoms with Crippen LogP contribution in [0.25, 0.3) is 0 Å². The van der Waals surface area contributed by atoms with Crippen LogP contribution in [0.5, 0.6) is 5.75 Å². The maximum Gasteiger partial charge on any atom is 0.264 e. The number of nitrogen functional groups attached to an aromatic ring is 1. The first-order valence-electron chi connectivity index (χ1n) is 5.07. The van der Waals surface area contributed by atoms with Crippen LogP contribution in [0.4, 0.5) is 5.69 Å². The van der Waals surface area contributed by atoms with Gasteiger partial charge < -0.3 is 15.0 Å². The van der Waals surface area contributed by atoms with Gasteiger partial charge in [0, 0.05) is 18.2 Å². The predicted molar refractivity (Wildman–Crippen MR) is 58.9 cm³/mol. The molecular weight excluding hydrogens is 206 g/mol. The Kier molecular flexibility index (Phi) is 3.05. The molecule has 0 saturated carbocycles. The third kappa shape index (κ3) is 2.50. The van der Waals surface area contributed by atoms with Crippen LogP contribution in [-0.4, -0.2) is 10.1 Å². The van der Waals surface area contributed by atoms with E-state index in [1.807, 2.05) is 19.1 Å². The van der Waals surface area contributed by atoms with Gasteiger partial charge in [0.25, 0.3) is 5.89 Å². The van der Waals surface area contributed by atoms with Gasteiger partial charge in [0.05, 0.1) is 0 Å². The summed E-state index contributed by atoms with van der Waals surface area (Å²) in [4.78, 5) is 4.13. The molecule has 0 amide bonds. The van der Waals surface area contributed by atoms with E-state index in [-0.39, 0.29) is 6.61 Å². The predicted octanol–water partition coefficient (Wildman–Crippen LogP) is 1.79. The van der Waals surface area contributed by atoms with Crippen molar-refractivity contribution in [3.8, 4) is 5.75 Å². The summed E-state index contributed by atoms with van der Waals surface area (Å²) in [6.45, 7) is 2.23. The minimum Gasteiger partial charge on any atom is -0.484 e. The van der Waals surface area contributed by atoms with Gasteiger partial charge in [-0.2, -0.15) is 4.98 Å². The molecular formula is C11H13N3O2. The first-order chi connectivity index (χ1) is 7.78. The molecule has 1 aromatic carbocycles. The van der Waals surface area contributed by atoms with Crippen molar-refractivity contribution in [2.45, 2.75) is 20.0 Å². The number of hydrogen-bond acceptors (Lipinski definition) is 5. The average Bonchev–Trinajstić information content (AvgIpc) is 2.74. The molecule has 0 aliphatic heterocycles. The number of benzene rings is 1. The third-order valence-corrected chi connectivity index (χ3v) is 2.05. The number of nitrogens with two attached hydrogens (primary N) is 1. The molecule has 84 valence electrons. The number of aromatic nitrogens is 2. The summed E-state index contributed by atoms with van der Waals surface area (Å²) < 4.78 is 10.4. The number of hydrogen-bond donors (Lipinski definition) is 1. The molecule has 0 unspecified atom stereocenters. The maximum atomic E-state index is 5.62. The van der Waals surface area contributed by atoms with Gasteiger partial charge in [-0.25, -0.2) is 0 Å². The van der Waals surface area contributed by atoms with E-state index < -0.39 is 0 Å². The number of nitrogens with zero attached hydrogens (tertiary/aromatic N) is 2. The van der Waals surface area contributed by atoms with Crippen molar-refractivity contribution in [3.05, 3.63) is 36.0 Å². The van der Waals surface area contributed by atoms with E-state index in [4.69, 9.17) is 15.0 Å². The van der Waals surface area contributed by atoms with Gasteiger partial charge in [0.15, 0.2) is 12.4 Å². The van der Waals surface area contributed by atoms with E-state index in [9.17, 15) is 0 Å². The quantitative estimate of drug-likeness (QED) is 0.793. The molecule has 2 rings (SSSR count). The monoisotopic (exact) mass is 219 g/mol. The molecule has 0 atom stereocenters. The molecule has 5 heteroatoms. The summed E-state index contributed by atoms with van der Waals surface area (Å²) in [7, 11) is 0. The second kappa shape index (κ2) is 4.65. The Morgan fingerprint density at radius 3 is 3.00 bits per heavy atom. The Labute approximate surface area is 93.2 Å². The Balaban J connectivity index is 1.96. The number of rotatable bonds is 4. The molecule has 0 saturated heterocycles. The van der Waals surface area contributed by atoms with Gasteiger partial charge in [-0.15, -0.1) is 0 Å². The topological polar surface area (TPSA) is 74.2 Å². The molecule has 1 heterocycles. The maximum absolute atomic E-state index is 5.62. The zero-order valence-corrected chi connectivity index (χ0v) is 9.01. The van der Waals surface area contributed by atoms with E-state index >= 15 is 0 Å². The molecule has 0 aliphatic rings. The van der Waals surface area contributed by atoms with Crippen LogP contribution >= 0.6 is 0 Å². The minimum atomic E-state index is 0.260. The lowest BCUT2D eigenvalue weighted by Gasteiger charge is -2.02. The summed E-state index contributed by atoms with van der Waals surface area (Å²) in [5.41, 5.74) is 6.29. The summed E-state index contributed by atoms with van der Waals surface area (Å²) in [5.74, 6) is 1.85. The van der Waals surface area contributed by atoms with Crippen LogP contribution in [0.15, 0.2) is 28.8 Å². The molecule has 0 bridgehead atoms. The lowest BCUT2D eigenvalue weighted by atomic mass is 10.3. The number of anilines is 1. The van der Waals surface area contributed by atoms with Crippen LogP contribution in [0.3, 0.4) is 0 Å². The first-order valence-corrected chi connectivity index (χ1v) is 5.07. The van der Waals surface area contributed by atoms with Gasteiger partial charge >= 0.3 is 0 Å². The van der Waals surface area contributed by atoms with E-state index in [2.05, 4.69) is 10.1 Å². The van der Waals surface area contributed by atoms with Crippen molar-refractivity contribution in [1.82, 2.24) is 10.1 Å². The summed E-state index contributed by atoms with van der Waals surface area (Å²) in [6, 6.07) is 7.20. The molecule has 0 spiro atoms. The van der Waals surface area contributed by atoms with Crippen molar-refractivity contribution in [1.29, 1.82) is 0 Å². The highest BCUT2D eigenvalue weighted by molar-refractivity contribution is 5.43. The smallest absolute Gasteiger partial charge is 0.264 e. The summed E-state index contributed by atoms with van der Waals surface area (Å²) in [6.07, 6.45) is 0.752. The lowest BCUT2D eigenvalue weighted by Crippen LogP contribution is -1.96. The molecule has 0 fully saturated rings. The molecule has 16 heavy (non-hydrogen) atoms. The standard InChI is InChI=1S/C11H13N3O2/c1-2-10-13-11(16-14-10)7-15-9-5-3-4-8(12)6-9/h3-6H,2,7,12H2,1H3. The molecule has 0 aliphatic carbocycles. The second-order valence-electron chi connectivity index (χ2n) is 3.32. The zero-order chi connectivity index (χ0) is 11.4. The van der Waals surface area contributed by atoms with Crippen LogP contribution in [0, 0.1) is 0 Å². The molecule has 2 N–H and O–H groups in total. The van der Waals surface area contributed by atoms with Crippen LogP contribution in [0.1, 0.15) is 18.6 Å². The van der Waals surface area contributed by atoms with Crippen LogP contribution in [-0.2, 0) is 13.0 Å². The fraction of sp³-hybridized carbons (Fsp3) is 0.273. The number of ether oxygens (including phenoxy) is 1. The Hall–Kier alpha value is -2.04. The van der Waals surface area contributed by atoms with Gasteiger partial charge in [0.2, 0.25) is 0 Å². The molecule has 2 aromatic rings. The Morgan fingerprint density at radius 2 is 2.31 bits per heavy atom. The largest absolute Gasteiger partial charge is 0.484 e. The van der Waals surface area contributed by atoms with Gasteiger partial charge in [-0.05, 0) is 12.1 Å². The molecule has 1 aromatic heterocycles. The zero-order valence-electron chi connectivity index (χ0n) is 9.01. The second-order valence-corrected chi connectivity index (χ2v) is 3.32. The van der Waals surface area contributed by atoms with Gasteiger partial charge in [-0.3, -0.25) is 0 Å². The van der Waals surface area contributed by atoms with E-state index in [0.717, 1.165) is 6.42 Å². The van der Waals surface area contributed by atoms with Crippen molar-refractivity contribution in [2.75, 3.05) is 5.73 Å². The highest BCUT2D eigenvalue weighted by Gasteiger charge is 2.05.